The molecule has 14 N–H and O–H groups in total. The molecule has 0 amide bonds. The average molecular weight is 1070 g/mol. The maximum atomic E-state index is 11.4. The van der Waals surface area contributed by atoms with Gasteiger partial charge in [-0.2, -0.15) is 0 Å². The summed E-state index contributed by atoms with van der Waals surface area (Å²) in [5.41, 5.74) is 0. The van der Waals surface area contributed by atoms with E-state index in [-0.39, 0.29) is 91.4 Å². The summed E-state index contributed by atoms with van der Waals surface area (Å²) in [5, 5.41) is 42.5. The summed E-state index contributed by atoms with van der Waals surface area (Å²) < 4.78 is 104. The lowest BCUT2D eigenvalue weighted by Gasteiger charge is -2.33. The Kier molecular flexibility index (Phi) is 29.3. The first kappa shape index (κ1) is 60.4. The second-order valence-corrected chi connectivity index (χ2v) is 17.9. The van der Waals surface area contributed by atoms with Crippen LogP contribution in [0.25, 0.3) is 0 Å². The molecule has 0 spiro atoms. The van der Waals surface area contributed by atoms with Gasteiger partial charge < -0.3 is 59.6 Å². The van der Waals surface area contributed by atoms with Gasteiger partial charge in [0.2, 0.25) is 0 Å². The topological polar surface area (TPSA) is 472 Å². The Balaban J connectivity index is 3.59. The van der Waals surface area contributed by atoms with E-state index < -0.39 is 116 Å². The van der Waals surface area contributed by atoms with Crippen molar-refractivity contribution in [2.24, 2.45) is 0 Å². The van der Waals surface area contributed by atoms with Crippen molar-refractivity contribution >= 4 is 66.7 Å². The SMILES string of the molecule is O=[P+](O)OC(O)(CCN1CCCN(CCC(O)(O[P+](=O)O)O[P+](=O)O)CCN(CCC(O)(O[P+](=O)O)O[P+](=O)O)CCCN(CCC(O)(OP(O)O)O[P+](=O)O)CC1)OP(O)O. The summed E-state index contributed by atoms with van der Waals surface area (Å²) in [7, 11) is -28.0. The first-order valence-corrected chi connectivity index (χ1v) is 26.4. The van der Waals surface area contributed by atoms with E-state index in [1.807, 2.05) is 0 Å². The highest BCUT2D eigenvalue weighted by molar-refractivity contribution is 7.39. The van der Waals surface area contributed by atoms with E-state index in [0.717, 1.165) is 0 Å². The standard InChI is InChI=1S/C22H44N4O28P8/c27-19(47-55(31)32,48-56(33)34)3-11-23-7-1-8-24(12-4-20(28,49-57(35)36)50-58(37)38)16-18-26(14-6-22(30,53-61(43)44)54-62(45)46)10-2-9-25(17-15-23)13-5-21(29,51-59(39)40)52-60(41)42/h27-32,39-40H,1-18H2/p+6. The molecule has 1 aliphatic heterocycles. The lowest BCUT2D eigenvalue weighted by atomic mass is 10.2. The summed E-state index contributed by atoms with van der Waals surface area (Å²) in [4.78, 5) is 99.2. The quantitative estimate of drug-likeness (QED) is 0.0316. The largest absolute Gasteiger partial charge is 0.700 e. The van der Waals surface area contributed by atoms with Gasteiger partial charge in [0.05, 0.1) is 12.8 Å². The van der Waals surface area contributed by atoms with Crippen molar-refractivity contribution in [1.29, 1.82) is 0 Å². The molecule has 0 bridgehead atoms. The maximum Gasteiger partial charge on any atom is 0.700 e. The molecule has 8 unspecified atom stereocenters. The van der Waals surface area contributed by atoms with E-state index in [2.05, 4.69) is 36.2 Å². The third-order valence-electron chi connectivity index (χ3n) is 8.11. The first-order valence-electron chi connectivity index (χ1n) is 17.3. The molecule has 32 nitrogen and oxygen atoms in total. The Bertz CT molecular complexity index is 1330. The predicted molar refractivity (Wildman–Crippen MR) is 204 cm³/mol. The highest BCUT2D eigenvalue weighted by Gasteiger charge is 2.50. The van der Waals surface area contributed by atoms with Gasteiger partial charge in [-0.1, -0.05) is 9.05 Å². The molecule has 1 fully saturated rings. The van der Waals surface area contributed by atoms with Gasteiger partial charge in [0, 0.05) is 92.6 Å². The summed E-state index contributed by atoms with van der Waals surface area (Å²) in [6.07, 6.45) is -2.48. The zero-order valence-corrected chi connectivity index (χ0v) is 39.2. The highest BCUT2D eigenvalue weighted by Crippen LogP contribution is 2.40. The van der Waals surface area contributed by atoms with Crippen LogP contribution in [0.15, 0.2) is 0 Å². The summed E-state index contributed by atoms with van der Waals surface area (Å²) >= 11 is 0. The van der Waals surface area contributed by atoms with Gasteiger partial charge in [0.1, 0.15) is 0 Å². The zero-order valence-electron chi connectivity index (χ0n) is 32.1. The number of aliphatic hydroxyl groups is 4. The van der Waals surface area contributed by atoms with Crippen LogP contribution in [0.2, 0.25) is 0 Å². The van der Waals surface area contributed by atoms with Crippen molar-refractivity contribution in [3.05, 3.63) is 0 Å². The molecule has 0 aromatic rings. The minimum Gasteiger partial charge on any atom is -0.340 e. The predicted octanol–water partition coefficient (Wildman–Crippen LogP) is -1.41. The second-order valence-electron chi connectivity index (χ2n) is 12.6. The lowest BCUT2D eigenvalue weighted by Crippen LogP contribution is -2.46. The molecule has 40 heteroatoms. The molecule has 0 aromatic carbocycles. The summed E-state index contributed by atoms with van der Waals surface area (Å²) in [6.45, 7) is -0.854. The van der Waals surface area contributed by atoms with Crippen LogP contribution in [0.5, 0.6) is 0 Å². The third-order valence-corrected chi connectivity index (χ3v) is 11.7. The van der Waals surface area contributed by atoms with Gasteiger partial charge in [-0.15, -0.1) is 29.4 Å². The molecule has 360 valence electrons. The van der Waals surface area contributed by atoms with Crippen LogP contribution in [-0.4, -0.2) is 191 Å². The second kappa shape index (κ2) is 30.0. The van der Waals surface area contributed by atoms with Gasteiger partial charge in [-0.05, 0) is 57.1 Å². The highest BCUT2D eigenvalue weighted by atomic mass is 31.2. The number of rotatable bonds is 28. The smallest absolute Gasteiger partial charge is 0.340 e. The lowest BCUT2D eigenvalue weighted by molar-refractivity contribution is -0.282. The molecule has 0 saturated carbocycles. The van der Waals surface area contributed by atoms with Gasteiger partial charge in [0.25, 0.3) is 0 Å². The Hall–Kier alpha value is 0.420. The molecular formula is C22H50N4O28P8+6. The molecule has 0 radical (unpaired) electrons. The van der Waals surface area contributed by atoms with Crippen molar-refractivity contribution in [2.45, 2.75) is 62.4 Å². The Morgan fingerprint density at radius 2 is 0.565 bits per heavy atom. The van der Waals surface area contributed by atoms with Crippen molar-refractivity contribution in [3.8, 4) is 0 Å². The van der Waals surface area contributed by atoms with E-state index in [1.165, 1.54) is 0 Å². The Morgan fingerprint density at radius 3 is 0.758 bits per heavy atom. The number of nitrogens with zero attached hydrogens (tertiary/aromatic N) is 4. The molecule has 62 heavy (non-hydrogen) atoms. The van der Waals surface area contributed by atoms with E-state index in [4.69, 9.17) is 0 Å². The van der Waals surface area contributed by atoms with Gasteiger partial charge in [-0.25, -0.2) is 0 Å². The number of hydrogen-bond acceptors (Lipinski definition) is 26. The van der Waals surface area contributed by atoms with Crippen LogP contribution in [0.3, 0.4) is 0 Å². The van der Waals surface area contributed by atoms with Crippen LogP contribution in [-0.2, 0) is 63.6 Å². The van der Waals surface area contributed by atoms with Crippen LogP contribution in [0.1, 0.15) is 38.5 Å². The molecule has 1 aliphatic rings. The van der Waals surface area contributed by atoms with E-state index in [9.17, 15) is 96.8 Å². The molecule has 0 aliphatic carbocycles. The summed E-state index contributed by atoms with van der Waals surface area (Å²) in [6, 6.07) is 0. The van der Waals surface area contributed by atoms with Gasteiger partial charge >= 0.3 is 90.6 Å². The van der Waals surface area contributed by atoms with E-state index in [0.29, 0.717) is 0 Å². The van der Waals surface area contributed by atoms with Crippen molar-refractivity contribution in [3.63, 3.8) is 0 Å². The number of hydrogen-bond donors (Lipinski definition) is 14. The van der Waals surface area contributed by atoms with E-state index in [1.54, 1.807) is 19.6 Å². The van der Waals surface area contributed by atoms with Crippen molar-refractivity contribution in [1.82, 2.24) is 19.6 Å². The maximum absolute atomic E-state index is 11.4. The Morgan fingerprint density at radius 1 is 0.371 bits per heavy atom. The fraction of sp³-hybridized carbons (Fsp3) is 1.00. The van der Waals surface area contributed by atoms with Gasteiger partial charge in [-0.3, -0.25) is 9.05 Å². The molecule has 1 rings (SSSR count). The normalized spacial score (nSPS) is 21.9. The molecular weight excluding hydrogens is 1020 g/mol. The van der Waals surface area contributed by atoms with Gasteiger partial charge in [0.15, 0.2) is 0 Å². The average Bonchev–Trinajstić information content (AvgIpc) is 3.07. The molecule has 0 aromatic heterocycles. The first-order chi connectivity index (χ1) is 28.6. The van der Waals surface area contributed by atoms with E-state index >= 15 is 0 Å². The fourth-order valence-corrected chi connectivity index (χ4v) is 8.80. The molecule has 8 atom stereocenters. The Labute approximate surface area is 359 Å². The van der Waals surface area contributed by atoms with Crippen LogP contribution < -0.4 is 0 Å². The van der Waals surface area contributed by atoms with Crippen LogP contribution in [0.4, 0.5) is 0 Å². The molecule has 1 heterocycles. The third kappa shape index (κ3) is 28.6. The minimum absolute atomic E-state index is 0.00708. The minimum atomic E-state index is -3.57. The fourth-order valence-electron chi connectivity index (χ4n) is 5.56. The monoisotopic (exact) mass is 1070 g/mol. The van der Waals surface area contributed by atoms with Crippen molar-refractivity contribution < 1.29 is 133 Å². The summed E-state index contributed by atoms with van der Waals surface area (Å²) in [5.74, 6) is -12.1. The van der Waals surface area contributed by atoms with Crippen LogP contribution >= 0.6 is 66.7 Å². The van der Waals surface area contributed by atoms with Crippen molar-refractivity contribution in [2.75, 3.05) is 78.5 Å². The molecule has 1 saturated heterocycles. The zero-order chi connectivity index (χ0) is 47.3. The van der Waals surface area contributed by atoms with Crippen LogP contribution in [0, 0.1) is 0 Å².